The molecule has 7 nitrogen and oxygen atoms in total. The second kappa shape index (κ2) is 6.39. The number of allylic oxidation sites excluding steroid dienone is 2. The Kier molecular flexibility index (Phi) is 4.87. The van der Waals surface area contributed by atoms with Crippen LogP contribution in [0.5, 0.6) is 0 Å². The molecule has 19 heavy (non-hydrogen) atoms. The molecule has 0 radical (unpaired) electrons. The van der Waals surface area contributed by atoms with Gasteiger partial charge < -0.3 is 5.32 Å². The topological polar surface area (TPSA) is 78.0 Å². The maximum atomic E-state index is 12.0. The summed E-state index contributed by atoms with van der Waals surface area (Å²) in [4.78, 5) is 36.0. The van der Waals surface area contributed by atoms with Crippen LogP contribution in [0.3, 0.4) is 0 Å². The summed E-state index contributed by atoms with van der Waals surface area (Å²) in [6.07, 6.45) is 4.18. The number of hydrogen-bond acceptors (Lipinski definition) is 4. The van der Waals surface area contributed by atoms with Crippen molar-refractivity contribution in [2.75, 3.05) is 0 Å². The summed E-state index contributed by atoms with van der Waals surface area (Å²) >= 11 is 0. The Labute approximate surface area is 109 Å². The fourth-order valence-electron chi connectivity index (χ4n) is 1.54. The average Bonchev–Trinajstić information content (AvgIpc) is 2.40. The second-order valence-electron chi connectivity index (χ2n) is 3.64. The van der Waals surface area contributed by atoms with Crippen molar-refractivity contribution in [2.45, 2.75) is 19.8 Å². The predicted molar refractivity (Wildman–Crippen MR) is 72.9 cm³/mol. The molecule has 0 atom stereocenters. The van der Waals surface area contributed by atoms with Gasteiger partial charge in [0.2, 0.25) is 0 Å². The lowest BCUT2D eigenvalue weighted by atomic mass is 10.5. The SMILES string of the molecule is C=CCn1c(=O)n(CC=C)c(=O)n(CNC=C)c1=O. The Morgan fingerprint density at radius 1 is 0.842 bits per heavy atom. The first kappa shape index (κ1) is 14.5. The van der Waals surface area contributed by atoms with Crippen molar-refractivity contribution in [3.05, 3.63) is 69.5 Å². The predicted octanol–water partition coefficient (Wildman–Crippen LogP) is -0.766. The van der Waals surface area contributed by atoms with Crippen LogP contribution < -0.4 is 22.4 Å². The van der Waals surface area contributed by atoms with Crippen LogP contribution in [0, 0.1) is 0 Å². The van der Waals surface area contributed by atoms with Crippen molar-refractivity contribution in [3.8, 4) is 0 Å². The number of aromatic nitrogens is 3. The van der Waals surface area contributed by atoms with Gasteiger partial charge in [-0.15, -0.1) is 13.2 Å². The summed E-state index contributed by atoms with van der Waals surface area (Å²) in [6, 6.07) is 0. The highest BCUT2D eigenvalue weighted by atomic mass is 16.2. The Hall–Kier alpha value is -2.57. The zero-order chi connectivity index (χ0) is 14.4. The standard InChI is InChI=1S/C12H16N4O3/c1-4-7-14-10(17)15(8-5-2)12(19)16(11(14)18)9-13-6-3/h4-6,13H,1-3,7-9H2. The van der Waals surface area contributed by atoms with Crippen LogP contribution in [-0.2, 0) is 19.8 Å². The molecule has 0 unspecified atom stereocenters. The summed E-state index contributed by atoms with van der Waals surface area (Å²) in [7, 11) is 0. The quantitative estimate of drug-likeness (QED) is 0.656. The molecule has 0 saturated carbocycles. The lowest BCUT2D eigenvalue weighted by Gasteiger charge is -2.11. The largest absolute Gasteiger partial charge is 0.374 e. The van der Waals surface area contributed by atoms with Gasteiger partial charge in [0, 0.05) is 0 Å². The van der Waals surface area contributed by atoms with E-state index >= 15 is 0 Å². The highest BCUT2D eigenvalue weighted by molar-refractivity contribution is 4.84. The Bertz CT molecular complexity index is 615. The summed E-state index contributed by atoms with van der Waals surface area (Å²) in [5.74, 6) is 0. The van der Waals surface area contributed by atoms with Crippen molar-refractivity contribution >= 4 is 0 Å². The van der Waals surface area contributed by atoms with Gasteiger partial charge in [-0.1, -0.05) is 18.7 Å². The van der Waals surface area contributed by atoms with Crippen LogP contribution >= 0.6 is 0 Å². The van der Waals surface area contributed by atoms with E-state index in [1.165, 1.54) is 18.4 Å². The Morgan fingerprint density at radius 2 is 1.26 bits per heavy atom. The lowest BCUT2D eigenvalue weighted by molar-refractivity contribution is 0.465. The van der Waals surface area contributed by atoms with E-state index in [4.69, 9.17) is 0 Å². The third-order valence-corrected chi connectivity index (χ3v) is 2.40. The third kappa shape index (κ3) is 2.82. The van der Waals surface area contributed by atoms with Gasteiger partial charge in [0.05, 0.1) is 13.1 Å². The molecule has 0 aromatic carbocycles. The molecule has 0 aliphatic heterocycles. The molecule has 1 rings (SSSR count). The molecule has 0 amide bonds. The van der Waals surface area contributed by atoms with Crippen LogP contribution in [0.2, 0.25) is 0 Å². The molecule has 1 heterocycles. The molecular weight excluding hydrogens is 248 g/mol. The fraction of sp³-hybridized carbons (Fsp3) is 0.250. The van der Waals surface area contributed by atoms with Gasteiger partial charge in [-0.25, -0.2) is 28.1 Å². The van der Waals surface area contributed by atoms with Gasteiger partial charge in [0.25, 0.3) is 0 Å². The third-order valence-electron chi connectivity index (χ3n) is 2.40. The zero-order valence-electron chi connectivity index (χ0n) is 10.5. The highest BCUT2D eigenvalue weighted by Crippen LogP contribution is 1.78. The smallest absolute Gasteiger partial charge is 0.338 e. The summed E-state index contributed by atoms with van der Waals surface area (Å²) in [5.41, 5.74) is -2.06. The van der Waals surface area contributed by atoms with E-state index in [-0.39, 0.29) is 19.8 Å². The van der Waals surface area contributed by atoms with Gasteiger partial charge in [-0.3, -0.25) is 0 Å². The van der Waals surface area contributed by atoms with E-state index in [1.54, 1.807) is 0 Å². The van der Waals surface area contributed by atoms with E-state index in [9.17, 15) is 14.4 Å². The molecule has 0 saturated heterocycles. The molecule has 0 bridgehead atoms. The van der Waals surface area contributed by atoms with E-state index < -0.39 is 17.1 Å². The summed E-state index contributed by atoms with van der Waals surface area (Å²) in [6.45, 7) is 10.4. The maximum absolute atomic E-state index is 12.0. The van der Waals surface area contributed by atoms with Gasteiger partial charge >= 0.3 is 17.1 Å². The van der Waals surface area contributed by atoms with Crippen molar-refractivity contribution in [3.63, 3.8) is 0 Å². The first-order valence-corrected chi connectivity index (χ1v) is 5.59. The monoisotopic (exact) mass is 264 g/mol. The number of hydrogen-bond donors (Lipinski definition) is 1. The summed E-state index contributed by atoms with van der Waals surface area (Å²) < 4.78 is 2.78. The number of rotatable bonds is 7. The van der Waals surface area contributed by atoms with Gasteiger partial charge in [0.15, 0.2) is 0 Å². The van der Waals surface area contributed by atoms with Gasteiger partial charge in [-0.05, 0) is 6.20 Å². The minimum atomic E-state index is -0.690. The van der Waals surface area contributed by atoms with Crippen LogP contribution in [0.15, 0.2) is 52.5 Å². The molecular formula is C12H16N4O3. The van der Waals surface area contributed by atoms with E-state index in [0.29, 0.717) is 0 Å². The van der Waals surface area contributed by atoms with E-state index in [1.807, 2.05) is 0 Å². The van der Waals surface area contributed by atoms with Crippen molar-refractivity contribution in [2.24, 2.45) is 0 Å². The number of nitrogens with zero attached hydrogens (tertiary/aromatic N) is 3. The van der Waals surface area contributed by atoms with Crippen molar-refractivity contribution in [1.29, 1.82) is 0 Å². The van der Waals surface area contributed by atoms with Gasteiger partial charge in [-0.2, -0.15) is 0 Å². The first-order valence-electron chi connectivity index (χ1n) is 5.59. The van der Waals surface area contributed by atoms with Crippen LogP contribution in [-0.4, -0.2) is 13.7 Å². The highest BCUT2D eigenvalue weighted by Gasteiger charge is 2.13. The molecule has 0 aliphatic carbocycles. The molecule has 0 fully saturated rings. The maximum Gasteiger partial charge on any atom is 0.338 e. The zero-order valence-corrected chi connectivity index (χ0v) is 10.5. The lowest BCUT2D eigenvalue weighted by Crippen LogP contribution is -2.55. The van der Waals surface area contributed by atoms with E-state index in [0.717, 1.165) is 13.7 Å². The minimum absolute atomic E-state index is 0.0309. The van der Waals surface area contributed by atoms with Crippen LogP contribution in [0.4, 0.5) is 0 Å². The molecule has 7 heteroatoms. The summed E-state index contributed by atoms with van der Waals surface area (Å²) in [5, 5.41) is 2.65. The second-order valence-corrected chi connectivity index (χ2v) is 3.64. The minimum Gasteiger partial charge on any atom is -0.374 e. The number of nitrogens with one attached hydrogen (secondary N) is 1. The van der Waals surface area contributed by atoms with E-state index in [2.05, 4.69) is 25.1 Å². The Balaban J connectivity index is 3.63. The average molecular weight is 264 g/mol. The molecule has 1 aromatic rings. The van der Waals surface area contributed by atoms with Crippen molar-refractivity contribution in [1.82, 2.24) is 19.0 Å². The molecule has 0 spiro atoms. The van der Waals surface area contributed by atoms with Gasteiger partial charge in [0.1, 0.15) is 6.67 Å². The van der Waals surface area contributed by atoms with Crippen LogP contribution in [0.1, 0.15) is 0 Å². The Morgan fingerprint density at radius 3 is 1.63 bits per heavy atom. The molecule has 1 aromatic heterocycles. The molecule has 102 valence electrons. The fourth-order valence-corrected chi connectivity index (χ4v) is 1.54. The van der Waals surface area contributed by atoms with Crippen LogP contribution in [0.25, 0.3) is 0 Å². The molecule has 0 aliphatic rings. The normalized spacial score (nSPS) is 9.89. The first-order chi connectivity index (χ1) is 9.08. The molecule has 1 N–H and O–H groups in total. The van der Waals surface area contributed by atoms with Crippen molar-refractivity contribution < 1.29 is 0 Å².